The third kappa shape index (κ3) is 1150. The molecular formula is C2H4ClFO. The molecule has 0 bridgehead atoms. The van der Waals surface area contributed by atoms with Crippen molar-refractivity contribution in [1.29, 1.82) is 0 Å². The van der Waals surface area contributed by atoms with Crippen LogP contribution in [-0.2, 0) is 4.79 Å². The lowest BCUT2D eigenvalue weighted by atomic mass is 11.8. The molecule has 0 aliphatic heterocycles. The summed E-state index contributed by atoms with van der Waals surface area (Å²) in [5.74, 6) is 0. The number of halogens is 2. The molecule has 5 heavy (non-hydrogen) atoms. The van der Waals surface area contributed by atoms with Gasteiger partial charge in [0, 0.05) is 0 Å². The van der Waals surface area contributed by atoms with Crippen molar-refractivity contribution in [2.75, 3.05) is 6.13 Å². The maximum absolute atomic E-state index is 10.1. The van der Waals surface area contributed by atoms with Gasteiger partial charge in [0.2, 0.25) is 0 Å². The molecule has 0 radical (unpaired) electrons. The predicted molar refractivity (Wildman–Crippen MR) is 18.9 cm³/mol. The van der Waals surface area contributed by atoms with Crippen molar-refractivity contribution in [2.24, 2.45) is 0 Å². The first-order valence-electron chi connectivity index (χ1n) is 0.823. The van der Waals surface area contributed by atoms with Gasteiger partial charge in [-0.25, -0.2) is 4.39 Å². The second-order valence-electron chi connectivity index (χ2n) is 0.101. The predicted octanol–water partition coefficient (Wildman–Crippen LogP) is 0.967. The molecule has 0 aromatic heterocycles. The van der Waals surface area contributed by atoms with Crippen LogP contribution in [0.1, 0.15) is 0 Å². The lowest BCUT2D eigenvalue weighted by Crippen LogP contribution is -1.29. The molecule has 1 nitrogen and oxygen atoms in total. The number of hydrogen-bond donors (Lipinski definition) is 0. The zero-order chi connectivity index (χ0) is 4.71. The highest BCUT2D eigenvalue weighted by Crippen LogP contribution is 1.65. The molecule has 0 aromatic rings. The van der Waals surface area contributed by atoms with Crippen molar-refractivity contribution in [3.8, 4) is 0 Å². The molecular weight excluding hydrogens is 94.5 g/mol. The van der Waals surface area contributed by atoms with Crippen molar-refractivity contribution in [2.45, 2.75) is 0 Å². The molecule has 0 atom stereocenters. The molecule has 0 N–H and O–H groups in total. The molecule has 0 amide bonds. The van der Waals surface area contributed by atoms with Gasteiger partial charge < -0.3 is 4.79 Å². The minimum atomic E-state index is -0.778. The minimum absolute atomic E-state index is 0.778. The summed E-state index contributed by atoms with van der Waals surface area (Å²) >= 11 is 4.33. The first-order chi connectivity index (χ1) is 2.41. The normalized spacial score (nSPS) is 4.40. The van der Waals surface area contributed by atoms with E-state index in [1.807, 2.05) is 6.79 Å². The van der Waals surface area contributed by atoms with Crippen LogP contribution < -0.4 is 0 Å². The molecule has 0 fully saturated rings. The lowest BCUT2D eigenvalue weighted by Gasteiger charge is -1.42. The zero-order valence-electron chi connectivity index (χ0n) is 2.58. The van der Waals surface area contributed by atoms with E-state index < -0.39 is 6.13 Å². The Labute approximate surface area is 34.7 Å². The Morgan fingerprint density at radius 3 is 1.80 bits per heavy atom. The van der Waals surface area contributed by atoms with Crippen LogP contribution in [-0.4, -0.2) is 12.9 Å². The van der Waals surface area contributed by atoms with E-state index >= 15 is 0 Å². The van der Waals surface area contributed by atoms with Crippen molar-refractivity contribution in [1.82, 2.24) is 0 Å². The Morgan fingerprint density at radius 2 is 1.80 bits per heavy atom. The number of hydrogen-bond acceptors (Lipinski definition) is 1. The summed E-state index contributed by atoms with van der Waals surface area (Å²) < 4.78 is 10.1. The Bertz CT molecular complexity index is 13.6. The van der Waals surface area contributed by atoms with Crippen LogP contribution in [0.25, 0.3) is 0 Å². The van der Waals surface area contributed by atoms with Crippen LogP contribution in [0.15, 0.2) is 0 Å². The van der Waals surface area contributed by atoms with Crippen molar-refractivity contribution in [3.05, 3.63) is 0 Å². The molecule has 32 valence electrons. The summed E-state index contributed by atoms with van der Waals surface area (Å²) in [7, 11) is 0. The van der Waals surface area contributed by atoms with E-state index in [0.29, 0.717) is 0 Å². The van der Waals surface area contributed by atoms with E-state index in [-0.39, 0.29) is 0 Å². The lowest BCUT2D eigenvalue weighted by molar-refractivity contribution is -0.0979. The molecule has 0 heterocycles. The highest BCUT2D eigenvalue weighted by Gasteiger charge is 1.43. The Morgan fingerprint density at radius 1 is 1.80 bits per heavy atom. The number of rotatable bonds is 0. The third-order valence-corrected chi connectivity index (χ3v) is 0. The first-order valence-corrected chi connectivity index (χ1v) is 1.36. The van der Waals surface area contributed by atoms with E-state index in [2.05, 4.69) is 11.6 Å². The van der Waals surface area contributed by atoms with E-state index in [1.165, 1.54) is 0 Å². The van der Waals surface area contributed by atoms with Gasteiger partial charge in [-0.05, 0) is 0 Å². The molecule has 0 unspecified atom stereocenters. The summed E-state index contributed by atoms with van der Waals surface area (Å²) in [5, 5.41) is 0. The molecule has 0 saturated carbocycles. The highest BCUT2D eigenvalue weighted by atomic mass is 35.5. The fourth-order valence-corrected chi connectivity index (χ4v) is 0. The number of carbonyl (C=O) groups is 1. The van der Waals surface area contributed by atoms with Crippen molar-refractivity contribution in [3.63, 3.8) is 0 Å². The highest BCUT2D eigenvalue weighted by molar-refractivity contribution is 6.16. The molecule has 3 heteroatoms. The second kappa shape index (κ2) is 41.0. The summed E-state index contributed by atoms with van der Waals surface area (Å²) in [6, 6.07) is 0. The average Bonchev–Trinajstić information content (AvgIpc) is 1.46. The smallest absolute Gasteiger partial charge is 0.163 e. The summed E-state index contributed by atoms with van der Waals surface area (Å²) in [6.45, 7) is 2.00. The van der Waals surface area contributed by atoms with Crippen molar-refractivity contribution < 1.29 is 9.18 Å². The van der Waals surface area contributed by atoms with E-state index in [9.17, 15) is 4.39 Å². The second-order valence-corrected chi connectivity index (χ2v) is 0.303. The zero-order valence-corrected chi connectivity index (χ0v) is 3.33. The van der Waals surface area contributed by atoms with Gasteiger partial charge in [0.1, 0.15) is 6.79 Å². The fourth-order valence-electron chi connectivity index (χ4n) is 0. The van der Waals surface area contributed by atoms with E-state index in [4.69, 9.17) is 4.79 Å². The summed E-state index contributed by atoms with van der Waals surface area (Å²) in [6.07, 6.45) is -0.778. The van der Waals surface area contributed by atoms with Crippen LogP contribution in [0, 0.1) is 0 Å². The van der Waals surface area contributed by atoms with Gasteiger partial charge in [0.05, 0.1) is 0 Å². The number of carbonyl (C=O) groups excluding carboxylic acids is 1. The molecule has 0 spiro atoms. The van der Waals surface area contributed by atoms with E-state index in [1.54, 1.807) is 0 Å². The van der Waals surface area contributed by atoms with Crippen LogP contribution >= 0.6 is 11.6 Å². The monoisotopic (exact) mass is 98.0 g/mol. The quantitative estimate of drug-likeness (QED) is 0.413. The van der Waals surface area contributed by atoms with Gasteiger partial charge in [-0.3, -0.25) is 0 Å². The molecule has 0 aliphatic rings. The standard InChI is InChI=1S/CH2ClF.CH2O/c2-1-3;1-2/h1H2;1H2. The van der Waals surface area contributed by atoms with Gasteiger partial charge in [-0.15, -0.1) is 0 Å². The molecule has 0 aliphatic carbocycles. The van der Waals surface area contributed by atoms with Crippen LogP contribution in [0.5, 0.6) is 0 Å². The maximum Gasteiger partial charge on any atom is 0.163 e. The topological polar surface area (TPSA) is 17.1 Å². The van der Waals surface area contributed by atoms with Crippen LogP contribution in [0.2, 0.25) is 0 Å². The van der Waals surface area contributed by atoms with Gasteiger partial charge in [-0.2, -0.15) is 0 Å². The van der Waals surface area contributed by atoms with Gasteiger partial charge in [-0.1, -0.05) is 11.6 Å². The Hall–Kier alpha value is -0.110. The average molecular weight is 98.5 g/mol. The van der Waals surface area contributed by atoms with Gasteiger partial charge in [0.25, 0.3) is 0 Å². The fraction of sp³-hybridized carbons (Fsp3) is 0.500. The summed E-state index contributed by atoms with van der Waals surface area (Å²) in [4.78, 5) is 8.00. The largest absolute Gasteiger partial charge is 0.307 e. The van der Waals surface area contributed by atoms with Crippen molar-refractivity contribution >= 4 is 18.4 Å². The van der Waals surface area contributed by atoms with Crippen LogP contribution in [0.3, 0.4) is 0 Å². The maximum atomic E-state index is 10.1. The first kappa shape index (κ1) is 8.86. The van der Waals surface area contributed by atoms with Crippen LogP contribution in [0.4, 0.5) is 4.39 Å². The third-order valence-electron chi connectivity index (χ3n) is 0. The Kier molecular flexibility index (Phi) is 72.7. The Balaban J connectivity index is 0. The summed E-state index contributed by atoms with van der Waals surface area (Å²) in [5.41, 5.74) is 0. The molecule has 0 aromatic carbocycles. The minimum Gasteiger partial charge on any atom is -0.307 e. The number of alkyl halides is 2. The molecule has 0 rings (SSSR count). The van der Waals surface area contributed by atoms with E-state index in [0.717, 1.165) is 0 Å². The van der Waals surface area contributed by atoms with Gasteiger partial charge in [0.15, 0.2) is 6.13 Å². The SMILES string of the molecule is C=O.FCCl. The van der Waals surface area contributed by atoms with Gasteiger partial charge >= 0.3 is 0 Å². The molecule has 0 saturated heterocycles.